The molecule has 0 saturated carbocycles. The van der Waals surface area contributed by atoms with Crippen molar-refractivity contribution in [2.24, 2.45) is 0 Å². The second-order valence-corrected chi connectivity index (χ2v) is 11.4. The van der Waals surface area contributed by atoms with Crippen LogP contribution in [-0.4, -0.2) is 37.4 Å². The maximum atomic E-state index is 12.9. The predicted molar refractivity (Wildman–Crippen MR) is 159 cm³/mol. The molecule has 1 unspecified atom stereocenters. The van der Waals surface area contributed by atoms with Gasteiger partial charge in [0.05, 0.1) is 14.1 Å². The molecular weight excluding hydrogens is 470 g/mol. The van der Waals surface area contributed by atoms with E-state index in [4.69, 9.17) is 9.47 Å². The summed E-state index contributed by atoms with van der Waals surface area (Å²) in [5.74, 6) is 0.557. The topological polar surface area (TPSA) is 35.5 Å². The fourth-order valence-electron chi connectivity index (χ4n) is 5.32. The van der Waals surface area contributed by atoms with E-state index in [1.54, 1.807) is 0 Å². The molecule has 1 atom stereocenters. The van der Waals surface area contributed by atoms with Crippen LogP contribution in [-0.2, 0) is 22.5 Å². The van der Waals surface area contributed by atoms with Crippen molar-refractivity contribution in [1.29, 1.82) is 0 Å². The lowest BCUT2D eigenvalue weighted by Gasteiger charge is -2.36. The van der Waals surface area contributed by atoms with Crippen molar-refractivity contribution in [2.45, 2.75) is 116 Å². The van der Waals surface area contributed by atoms with E-state index in [9.17, 15) is 4.79 Å². The van der Waals surface area contributed by atoms with E-state index in [0.29, 0.717) is 10.9 Å². The quantitative estimate of drug-likeness (QED) is 0.0708. The summed E-state index contributed by atoms with van der Waals surface area (Å²) in [6, 6.07) is 18.3. The Labute approximate surface area is 233 Å². The second kappa shape index (κ2) is 18.8. The van der Waals surface area contributed by atoms with Gasteiger partial charge in [0.15, 0.2) is 6.04 Å². The van der Waals surface area contributed by atoms with Crippen molar-refractivity contribution in [2.75, 3.05) is 20.9 Å². The number of rotatable bonds is 21. The number of esters is 1. The van der Waals surface area contributed by atoms with Crippen molar-refractivity contribution in [3.63, 3.8) is 0 Å². The molecule has 0 fully saturated rings. The molecule has 0 aliphatic heterocycles. The van der Waals surface area contributed by atoms with Gasteiger partial charge in [0, 0.05) is 12.0 Å². The average Bonchev–Trinajstić information content (AvgIpc) is 2.90. The summed E-state index contributed by atoms with van der Waals surface area (Å²) in [5, 5.41) is 0. The van der Waals surface area contributed by atoms with Crippen molar-refractivity contribution in [3.8, 4) is 5.75 Å². The Balaban J connectivity index is 1.63. The van der Waals surface area contributed by atoms with E-state index in [2.05, 4.69) is 45.3 Å². The van der Waals surface area contributed by atoms with Gasteiger partial charge in [-0.05, 0) is 30.5 Å². The molecule has 0 aliphatic carbocycles. The molecule has 4 heteroatoms. The Hall–Kier alpha value is -2.33. The first kappa shape index (κ1) is 31.9. The molecule has 38 heavy (non-hydrogen) atoms. The summed E-state index contributed by atoms with van der Waals surface area (Å²) in [4.78, 5) is 12.9. The zero-order valence-corrected chi connectivity index (χ0v) is 24.8. The van der Waals surface area contributed by atoms with Crippen molar-refractivity contribution >= 4 is 5.97 Å². The van der Waals surface area contributed by atoms with Crippen molar-refractivity contribution < 1.29 is 18.8 Å². The summed E-state index contributed by atoms with van der Waals surface area (Å²) in [7, 11) is 4.17. The van der Waals surface area contributed by atoms with Crippen LogP contribution >= 0.6 is 0 Å². The molecule has 2 aromatic rings. The van der Waals surface area contributed by atoms with E-state index >= 15 is 0 Å². The highest BCUT2D eigenvalue weighted by Crippen LogP contribution is 2.20. The molecule has 0 bridgehead atoms. The summed E-state index contributed by atoms with van der Waals surface area (Å²) >= 11 is 0. The fourth-order valence-corrected chi connectivity index (χ4v) is 5.32. The van der Waals surface area contributed by atoms with E-state index in [1.807, 2.05) is 37.3 Å². The summed E-state index contributed by atoms with van der Waals surface area (Å²) in [5.41, 5.74) is 2.50. The Morgan fingerprint density at radius 3 is 1.92 bits per heavy atom. The van der Waals surface area contributed by atoms with Crippen LogP contribution < -0.4 is 4.74 Å². The summed E-state index contributed by atoms with van der Waals surface area (Å²) in [6.45, 7) is 5.04. The number of nitrogens with zero attached hydrogens (tertiary/aromatic N) is 1. The first-order chi connectivity index (χ1) is 18.5. The molecule has 0 amide bonds. The zero-order chi connectivity index (χ0) is 27.5. The number of carbonyl (C=O) groups is 1. The monoisotopic (exact) mass is 524 g/mol. The van der Waals surface area contributed by atoms with E-state index in [1.165, 1.54) is 88.2 Å². The molecule has 4 nitrogen and oxygen atoms in total. The number of carbonyl (C=O) groups excluding carboxylic acids is 1. The van der Waals surface area contributed by atoms with Gasteiger partial charge in [-0.1, -0.05) is 127 Å². The number of hydrogen-bond acceptors (Lipinski definition) is 3. The number of ether oxygens (including phenoxy) is 2. The van der Waals surface area contributed by atoms with Crippen molar-refractivity contribution in [1.82, 2.24) is 0 Å². The van der Waals surface area contributed by atoms with Crippen LogP contribution in [0.4, 0.5) is 0 Å². The predicted octanol–water partition coefficient (Wildman–Crippen LogP) is 8.86. The molecule has 0 heterocycles. The Morgan fingerprint density at radius 2 is 1.32 bits per heavy atom. The third-order valence-electron chi connectivity index (χ3n) is 7.58. The van der Waals surface area contributed by atoms with Crippen LogP contribution in [0.15, 0.2) is 54.6 Å². The van der Waals surface area contributed by atoms with Gasteiger partial charge in [0.25, 0.3) is 0 Å². The Bertz CT molecular complexity index is 880. The van der Waals surface area contributed by atoms with Crippen LogP contribution in [0, 0.1) is 0 Å². The Morgan fingerprint density at radius 1 is 0.737 bits per heavy atom. The number of aryl methyl sites for hydroxylation is 1. The highest BCUT2D eigenvalue weighted by atomic mass is 16.7. The maximum absolute atomic E-state index is 12.9. The third kappa shape index (κ3) is 13.0. The average molecular weight is 525 g/mol. The normalized spacial score (nSPS) is 12.3. The number of likely N-dealkylation sites (N-methyl/N-ethyl adjacent to an activating group) is 1. The molecule has 0 N–H and O–H groups in total. The van der Waals surface area contributed by atoms with Crippen LogP contribution in [0.3, 0.4) is 0 Å². The molecular formula is C34H54NO3+. The van der Waals surface area contributed by atoms with Gasteiger partial charge in [0.1, 0.15) is 12.3 Å². The second-order valence-electron chi connectivity index (χ2n) is 11.4. The smallest absolute Gasteiger partial charge is 0.367 e. The van der Waals surface area contributed by atoms with E-state index < -0.39 is 0 Å². The Kier molecular flexibility index (Phi) is 15.8. The van der Waals surface area contributed by atoms with Crippen molar-refractivity contribution in [3.05, 3.63) is 65.7 Å². The molecule has 0 spiro atoms. The third-order valence-corrected chi connectivity index (χ3v) is 7.58. The molecule has 0 radical (unpaired) electrons. The molecule has 0 saturated heterocycles. The maximum Gasteiger partial charge on any atom is 0.367 e. The first-order valence-corrected chi connectivity index (χ1v) is 15.2. The number of hydrogen-bond donors (Lipinski definition) is 0. The first-order valence-electron chi connectivity index (χ1n) is 15.2. The molecule has 2 rings (SSSR count). The lowest BCUT2D eigenvalue weighted by Crippen LogP contribution is -2.52. The highest BCUT2D eigenvalue weighted by molar-refractivity contribution is 5.74. The lowest BCUT2D eigenvalue weighted by molar-refractivity contribution is -0.919. The van der Waals surface area contributed by atoms with Crippen LogP contribution in [0.25, 0.3) is 0 Å². The lowest BCUT2D eigenvalue weighted by atomic mass is 10.0. The van der Waals surface area contributed by atoms with Gasteiger partial charge in [-0.25, -0.2) is 4.79 Å². The van der Waals surface area contributed by atoms with Gasteiger partial charge in [-0.3, -0.25) is 0 Å². The van der Waals surface area contributed by atoms with E-state index in [-0.39, 0.29) is 18.8 Å². The van der Waals surface area contributed by atoms with Gasteiger partial charge in [0.2, 0.25) is 6.79 Å². The summed E-state index contributed by atoms with van der Waals surface area (Å²) in [6.07, 6.45) is 18.2. The van der Waals surface area contributed by atoms with Crippen LogP contribution in [0.5, 0.6) is 5.75 Å². The van der Waals surface area contributed by atoms with Gasteiger partial charge in [-0.15, -0.1) is 0 Å². The summed E-state index contributed by atoms with van der Waals surface area (Å²) < 4.78 is 11.9. The number of unbranched alkanes of at least 4 members (excludes halogenated alkanes) is 11. The standard InChI is InChI=1S/C34H54NO3/c1-5-7-8-9-10-11-12-13-14-15-16-18-22-30-25-21-26-32(27-30)37-29-38-34(36)33(6-2)35(3,4)28-31-23-19-17-20-24-31/h17,19-21,23-27,33H,5-16,18,22,28-29H2,1-4H3/q+1. The number of quaternary nitrogens is 1. The molecule has 2 aromatic carbocycles. The minimum Gasteiger partial charge on any atom is -0.457 e. The minimum atomic E-state index is -0.240. The zero-order valence-electron chi connectivity index (χ0n) is 24.8. The molecule has 212 valence electrons. The van der Waals surface area contributed by atoms with Gasteiger partial charge >= 0.3 is 5.97 Å². The highest BCUT2D eigenvalue weighted by Gasteiger charge is 2.35. The molecule has 0 aromatic heterocycles. The number of benzene rings is 2. The largest absolute Gasteiger partial charge is 0.457 e. The SMILES string of the molecule is CCCCCCCCCCCCCCc1cccc(OCOC(=O)C(CC)[N+](C)(C)Cc2ccccc2)c1. The minimum absolute atomic E-state index is 0.0528. The van der Waals surface area contributed by atoms with Gasteiger partial charge in [-0.2, -0.15) is 0 Å². The van der Waals surface area contributed by atoms with Crippen LogP contribution in [0.2, 0.25) is 0 Å². The molecule has 0 aliphatic rings. The van der Waals surface area contributed by atoms with Crippen LogP contribution in [0.1, 0.15) is 108 Å². The van der Waals surface area contributed by atoms with Gasteiger partial charge < -0.3 is 14.0 Å². The van der Waals surface area contributed by atoms with E-state index in [0.717, 1.165) is 18.7 Å². The fraction of sp³-hybridized carbons (Fsp3) is 0.618.